The summed E-state index contributed by atoms with van der Waals surface area (Å²) < 4.78 is 1.61. The van der Waals surface area contributed by atoms with Crippen LogP contribution in [-0.4, -0.2) is 33.3 Å². The van der Waals surface area contributed by atoms with Crippen molar-refractivity contribution < 1.29 is 10.0 Å². The Morgan fingerprint density at radius 2 is 2.33 bits per heavy atom. The Balaban J connectivity index is 2.28. The number of aryl methyl sites for hydroxylation is 2. The molecule has 100 valence electrons. The maximum atomic E-state index is 11.8. The number of unbranched alkanes of at least 4 members (excludes halogenated alkanes) is 1. The number of hydrogen-bond acceptors (Lipinski definition) is 4. The Labute approximate surface area is 106 Å². The fourth-order valence-electron chi connectivity index (χ4n) is 1.60. The number of carbonyl (C=O) groups excluding carboxylic acids is 1. The fraction of sp³-hybridized carbons (Fsp3) is 0.545. The Morgan fingerprint density at radius 3 is 2.89 bits per heavy atom. The van der Waals surface area contributed by atoms with Crippen LogP contribution in [0.2, 0.25) is 0 Å². The fourth-order valence-corrected chi connectivity index (χ4v) is 1.60. The molecule has 0 unspecified atom stereocenters. The molecule has 0 atom stereocenters. The number of nitrogens with one attached hydrogen (secondary N) is 1. The van der Waals surface area contributed by atoms with Crippen LogP contribution in [0.1, 0.15) is 35.3 Å². The maximum Gasteiger partial charge on any atom is 0.254 e. The van der Waals surface area contributed by atoms with E-state index in [4.69, 9.17) is 10.9 Å². The third kappa shape index (κ3) is 4.08. The average molecular weight is 253 g/mol. The van der Waals surface area contributed by atoms with Gasteiger partial charge in [-0.05, 0) is 19.8 Å². The van der Waals surface area contributed by atoms with Crippen molar-refractivity contribution in [1.29, 1.82) is 0 Å². The predicted molar refractivity (Wildman–Crippen MR) is 67.5 cm³/mol. The lowest BCUT2D eigenvalue weighted by Crippen LogP contribution is -2.25. The highest BCUT2D eigenvalue weighted by atomic mass is 16.4. The lowest BCUT2D eigenvalue weighted by Gasteiger charge is -2.03. The molecule has 1 aromatic heterocycles. The molecule has 0 saturated heterocycles. The largest absolute Gasteiger partial charge is 0.409 e. The second-order valence-electron chi connectivity index (χ2n) is 4.11. The summed E-state index contributed by atoms with van der Waals surface area (Å²) in [5.41, 5.74) is 6.64. The maximum absolute atomic E-state index is 11.8. The Bertz CT molecular complexity index is 439. The van der Waals surface area contributed by atoms with Gasteiger partial charge in [0.25, 0.3) is 5.91 Å². The van der Waals surface area contributed by atoms with Crippen LogP contribution in [-0.2, 0) is 7.05 Å². The number of hydrogen-bond donors (Lipinski definition) is 3. The van der Waals surface area contributed by atoms with E-state index in [0.717, 1.165) is 12.8 Å². The first kappa shape index (κ1) is 14.0. The minimum atomic E-state index is -0.121. The van der Waals surface area contributed by atoms with Crippen molar-refractivity contribution in [2.24, 2.45) is 17.9 Å². The first-order valence-corrected chi connectivity index (χ1v) is 5.79. The van der Waals surface area contributed by atoms with Gasteiger partial charge in [0.2, 0.25) is 0 Å². The number of amidine groups is 1. The summed E-state index contributed by atoms with van der Waals surface area (Å²) in [5.74, 6) is 0.0915. The molecule has 1 aromatic rings. The number of aromatic nitrogens is 2. The summed E-state index contributed by atoms with van der Waals surface area (Å²) >= 11 is 0. The van der Waals surface area contributed by atoms with Crippen molar-refractivity contribution in [3.05, 3.63) is 17.5 Å². The number of amides is 1. The molecule has 0 radical (unpaired) electrons. The molecule has 7 heteroatoms. The van der Waals surface area contributed by atoms with Crippen LogP contribution in [0.15, 0.2) is 11.4 Å². The molecule has 1 heterocycles. The van der Waals surface area contributed by atoms with Crippen LogP contribution in [0.3, 0.4) is 0 Å². The van der Waals surface area contributed by atoms with E-state index in [2.05, 4.69) is 15.6 Å². The highest BCUT2D eigenvalue weighted by Crippen LogP contribution is 2.04. The van der Waals surface area contributed by atoms with Gasteiger partial charge in [0, 0.05) is 26.2 Å². The summed E-state index contributed by atoms with van der Waals surface area (Å²) in [4.78, 5) is 11.8. The zero-order valence-corrected chi connectivity index (χ0v) is 10.7. The van der Waals surface area contributed by atoms with Crippen molar-refractivity contribution in [3.8, 4) is 0 Å². The number of oxime groups is 1. The normalized spacial score (nSPS) is 11.6. The lowest BCUT2D eigenvalue weighted by molar-refractivity contribution is 0.0952. The van der Waals surface area contributed by atoms with E-state index >= 15 is 0 Å². The van der Waals surface area contributed by atoms with E-state index in [-0.39, 0.29) is 11.7 Å². The molecule has 0 fully saturated rings. The van der Waals surface area contributed by atoms with Crippen LogP contribution in [0.25, 0.3) is 0 Å². The van der Waals surface area contributed by atoms with Crippen molar-refractivity contribution in [1.82, 2.24) is 15.1 Å². The topological polar surface area (TPSA) is 106 Å². The number of nitrogens with zero attached hydrogens (tertiary/aromatic N) is 3. The van der Waals surface area contributed by atoms with Gasteiger partial charge in [-0.1, -0.05) is 5.16 Å². The molecule has 0 aliphatic rings. The molecule has 0 bridgehead atoms. The Morgan fingerprint density at radius 1 is 1.61 bits per heavy atom. The monoisotopic (exact) mass is 253 g/mol. The van der Waals surface area contributed by atoms with Crippen LogP contribution in [0, 0.1) is 6.92 Å². The molecular weight excluding hydrogens is 234 g/mol. The molecule has 18 heavy (non-hydrogen) atoms. The lowest BCUT2D eigenvalue weighted by atomic mass is 10.2. The van der Waals surface area contributed by atoms with Crippen LogP contribution in [0.5, 0.6) is 0 Å². The first-order valence-electron chi connectivity index (χ1n) is 5.79. The molecule has 7 nitrogen and oxygen atoms in total. The molecule has 4 N–H and O–H groups in total. The number of carbonyl (C=O) groups is 1. The minimum absolute atomic E-state index is 0.121. The van der Waals surface area contributed by atoms with Gasteiger partial charge in [0.05, 0.1) is 11.3 Å². The second-order valence-corrected chi connectivity index (χ2v) is 4.11. The van der Waals surface area contributed by atoms with Crippen LogP contribution in [0.4, 0.5) is 0 Å². The summed E-state index contributed by atoms with van der Waals surface area (Å²) in [7, 11) is 1.78. The highest BCUT2D eigenvalue weighted by Gasteiger charge is 2.11. The first-order chi connectivity index (χ1) is 8.54. The van der Waals surface area contributed by atoms with E-state index in [1.807, 2.05) is 0 Å². The van der Waals surface area contributed by atoms with Crippen LogP contribution < -0.4 is 11.1 Å². The summed E-state index contributed by atoms with van der Waals surface area (Å²) in [6.45, 7) is 2.36. The quantitative estimate of drug-likeness (QED) is 0.224. The molecule has 1 rings (SSSR count). The highest BCUT2D eigenvalue weighted by molar-refractivity contribution is 5.94. The molecule has 0 aliphatic heterocycles. The SMILES string of the molecule is Cc1nn(C)cc1C(=O)NCCCC/C(N)=N/O. The van der Waals surface area contributed by atoms with E-state index < -0.39 is 0 Å². The zero-order chi connectivity index (χ0) is 13.5. The zero-order valence-electron chi connectivity index (χ0n) is 10.7. The molecule has 0 aromatic carbocycles. The smallest absolute Gasteiger partial charge is 0.254 e. The third-order valence-electron chi connectivity index (χ3n) is 2.53. The van der Waals surface area contributed by atoms with Gasteiger partial charge in [-0.2, -0.15) is 5.10 Å². The van der Waals surface area contributed by atoms with E-state index in [0.29, 0.717) is 24.2 Å². The third-order valence-corrected chi connectivity index (χ3v) is 2.53. The second kappa shape index (κ2) is 6.63. The Kier molecular flexibility index (Phi) is 5.16. The van der Waals surface area contributed by atoms with E-state index in [1.54, 1.807) is 24.9 Å². The average Bonchev–Trinajstić information content (AvgIpc) is 2.67. The van der Waals surface area contributed by atoms with Gasteiger partial charge in [-0.25, -0.2) is 0 Å². The summed E-state index contributed by atoms with van der Waals surface area (Å²) in [6.07, 6.45) is 3.77. The van der Waals surface area contributed by atoms with Crippen molar-refractivity contribution >= 4 is 11.7 Å². The Hall–Kier alpha value is -2.05. The molecule has 0 aliphatic carbocycles. The molecule has 1 amide bonds. The summed E-state index contributed by atoms with van der Waals surface area (Å²) in [5, 5.41) is 18.1. The summed E-state index contributed by atoms with van der Waals surface area (Å²) in [6, 6.07) is 0. The molecule has 0 saturated carbocycles. The minimum Gasteiger partial charge on any atom is -0.409 e. The van der Waals surface area contributed by atoms with E-state index in [9.17, 15) is 4.79 Å². The molecule has 0 spiro atoms. The van der Waals surface area contributed by atoms with Crippen molar-refractivity contribution in [3.63, 3.8) is 0 Å². The predicted octanol–water partition coefficient (Wildman–Crippen LogP) is 0.375. The number of rotatable bonds is 6. The van der Waals surface area contributed by atoms with Gasteiger partial charge < -0.3 is 16.3 Å². The van der Waals surface area contributed by atoms with Crippen molar-refractivity contribution in [2.45, 2.75) is 26.2 Å². The van der Waals surface area contributed by atoms with Gasteiger partial charge >= 0.3 is 0 Å². The van der Waals surface area contributed by atoms with E-state index in [1.165, 1.54) is 0 Å². The standard InChI is InChI=1S/C11H19N5O2/c1-8-9(7-16(2)14-8)11(17)13-6-4-3-5-10(12)15-18/h7,18H,3-6H2,1-2H3,(H2,12,15)(H,13,17). The van der Waals surface area contributed by atoms with Gasteiger partial charge in [-0.15, -0.1) is 0 Å². The van der Waals surface area contributed by atoms with Gasteiger partial charge in [0.1, 0.15) is 5.84 Å². The van der Waals surface area contributed by atoms with Crippen LogP contribution >= 0.6 is 0 Å². The molecular formula is C11H19N5O2. The van der Waals surface area contributed by atoms with Crippen molar-refractivity contribution in [2.75, 3.05) is 6.54 Å². The van der Waals surface area contributed by atoms with Gasteiger partial charge in [-0.3, -0.25) is 9.48 Å². The van der Waals surface area contributed by atoms with Gasteiger partial charge in [0.15, 0.2) is 0 Å². The number of nitrogens with two attached hydrogens (primary N) is 1.